The van der Waals surface area contributed by atoms with Gasteiger partial charge in [-0.1, -0.05) is 12.1 Å². The minimum Gasteiger partial charge on any atom is -0.483 e. The second kappa shape index (κ2) is 7.06. The van der Waals surface area contributed by atoms with Crippen molar-refractivity contribution >= 4 is 17.2 Å². The Balaban J connectivity index is 1.59. The Labute approximate surface area is 138 Å². The van der Waals surface area contributed by atoms with Crippen LogP contribution in [0.2, 0.25) is 0 Å². The molecule has 3 rings (SSSR count). The molecule has 1 aromatic carbocycles. The summed E-state index contributed by atoms with van der Waals surface area (Å²) in [4.78, 5) is 20.7. The van der Waals surface area contributed by atoms with Crippen LogP contribution >= 0.6 is 11.3 Å². The first-order valence-electron chi connectivity index (χ1n) is 7.43. The van der Waals surface area contributed by atoms with Gasteiger partial charge in [0.1, 0.15) is 17.3 Å². The Morgan fingerprint density at radius 3 is 2.78 bits per heavy atom. The van der Waals surface area contributed by atoms with E-state index in [9.17, 15) is 9.18 Å². The van der Waals surface area contributed by atoms with E-state index < -0.39 is 5.82 Å². The molecule has 0 atom stereocenters. The number of amides is 1. The number of halogens is 1. The van der Waals surface area contributed by atoms with Crippen molar-refractivity contribution in [3.05, 3.63) is 46.2 Å². The fourth-order valence-corrected chi connectivity index (χ4v) is 3.03. The molecule has 1 aliphatic heterocycles. The summed E-state index contributed by atoms with van der Waals surface area (Å²) in [6.45, 7) is 3.34. The fourth-order valence-electron chi connectivity index (χ4n) is 2.35. The molecule has 1 aromatic heterocycles. The van der Waals surface area contributed by atoms with Crippen molar-refractivity contribution in [3.8, 4) is 5.75 Å². The predicted molar refractivity (Wildman–Crippen MR) is 86.2 cm³/mol. The number of nitrogens with zero attached hydrogens (tertiary/aromatic N) is 3. The van der Waals surface area contributed by atoms with Crippen molar-refractivity contribution in [3.63, 3.8) is 0 Å². The molecule has 2 aromatic rings. The second-order valence-electron chi connectivity index (χ2n) is 5.44. The van der Waals surface area contributed by atoms with Crippen LogP contribution in [0.15, 0.2) is 29.6 Å². The van der Waals surface area contributed by atoms with Gasteiger partial charge in [-0.05, 0) is 19.2 Å². The SMILES string of the molecule is CN1CCN(C(=O)c2csc(COc3ccccc3F)n2)CC1. The molecule has 0 bridgehead atoms. The molecule has 2 heterocycles. The molecule has 5 nitrogen and oxygen atoms in total. The molecular weight excluding hydrogens is 317 g/mol. The van der Waals surface area contributed by atoms with Gasteiger partial charge in [0.2, 0.25) is 0 Å². The van der Waals surface area contributed by atoms with Crippen LogP contribution < -0.4 is 4.74 Å². The minimum absolute atomic E-state index is 0.0495. The average molecular weight is 335 g/mol. The number of piperazine rings is 1. The molecule has 0 N–H and O–H groups in total. The summed E-state index contributed by atoms with van der Waals surface area (Å²) in [7, 11) is 2.04. The van der Waals surface area contributed by atoms with E-state index in [4.69, 9.17) is 4.74 Å². The van der Waals surface area contributed by atoms with Crippen LogP contribution in [0.1, 0.15) is 15.5 Å². The van der Waals surface area contributed by atoms with Gasteiger partial charge in [0.05, 0.1) is 0 Å². The van der Waals surface area contributed by atoms with E-state index in [1.54, 1.807) is 23.6 Å². The predicted octanol–water partition coefficient (Wildman–Crippen LogP) is 2.25. The molecule has 122 valence electrons. The maximum absolute atomic E-state index is 13.5. The molecule has 0 unspecified atom stereocenters. The Morgan fingerprint density at radius 1 is 1.30 bits per heavy atom. The summed E-state index contributed by atoms with van der Waals surface area (Å²) in [5, 5.41) is 2.39. The molecular formula is C16H18FN3O2S. The highest BCUT2D eigenvalue weighted by Crippen LogP contribution is 2.19. The lowest BCUT2D eigenvalue weighted by molar-refractivity contribution is 0.0658. The Bertz CT molecular complexity index is 683. The fraction of sp³-hybridized carbons (Fsp3) is 0.375. The van der Waals surface area contributed by atoms with Crippen molar-refractivity contribution in [1.29, 1.82) is 0 Å². The lowest BCUT2D eigenvalue weighted by Gasteiger charge is -2.31. The topological polar surface area (TPSA) is 45.7 Å². The van der Waals surface area contributed by atoms with Crippen molar-refractivity contribution in [2.75, 3.05) is 33.2 Å². The van der Waals surface area contributed by atoms with E-state index in [0.29, 0.717) is 23.8 Å². The van der Waals surface area contributed by atoms with E-state index in [0.717, 1.165) is 13.1 Å². The van der Waals surface area contributed by atoms with Crippen LogP contribution in [0, 0.1) is 5.82 Å². The third-order valence-corrected chi connectivity index (χ3v) is 4.57. The number of ether oxygens (including phenoxy) is 1. The van der Waals surface area contributed by atoms with Gasteiger partial charge in [0.15, 0.2) is 11.6 Å². The number of likely N-dealkylation sites (N-methyl/N-ethyl adjacent to an activating group) is 1. The van der Waals surface area contributed by atoms with E-state index >= 15 is 0 Å². The highest BCUT2D eigenvalue weighted by Gasteiger charge is 2.22. The summed E-state index contributed by atoms with van der Waals surface area (Å²) in [5.74, 6) is -0.265. The highest BCUT2D eigenvalue weighted by atomic mass is 32.1. The van der Waals surface area contributed by atoms with Crippen molar-refractivity contribution in [2.45, 2.75) is 6.61 Å². The number of carbonyl (C=O) groups is 1. The first kappa shape index (κ1) is 15.9. The summed E-state index contributed by atoms with van der Waals surface area (Å²) < 4.78 is 18.9. The van der Waals surface area contributed by atoms with Crippen LogP contribution in [-0.4, -0.2) is 53.9 Å². The molecule has 1 fully saturated rings. The Morgan fingerprint density at radius 2 is 2.04 bits per heavy atom. The molecule has 0 radical (unpaired) electrons. The Kier molecular flexibility index (Phi) is 4.88. The average Bonchev–Trinajstić information content (AvgIpc) is 3.03. The number of hydrogen-bond acceptors (Lipinski definition) is 5. The number of aromatic nitrogens is 1. The van der Waals surface area contributed by atoms with Crippen LogP contribution in [-0.2, 0) is 6.61 Å². The standard InChI is InChI=1S/C16H18FN3O2S/c1-19-6-8-20(9-7-19)16(21)13-11-23-15(18-13)10-22-14-5-3-2-4-12(14)17/h2-5,11H,6-10H2,1H3. The third kappa shape index (κ3) is 3.86. The lowest BCUT2D eigenvalue weighted by atomic mass is 10.3. The number of para-hydroxylation sites is 1. The number of thiazole rings is 1. The van der Waals surface area contributed by atoms with E-state index in [-0.39, 0.29) is 18.3 Å². The van der Waals surface area contributed by atoms with Gasteiger partial charge in [-0.3, -0.25) is 4.79 Å². The van der Waals surface area contributed by atoms with Crippen LogP contribution in [0.5, 0.6) is 5.75 Å². The summed E-state index contributed by atoms with van der Waals surface area (Å²) in [6, 6.07) is 6.24. The normalized spacial score (nSPS) is 15.7. The maximum atomic E-state index is 13.5. The largest absolute Gasteiger partial charge is 0.483 e. The first-order chi connectivity index (χ1) is 11.1. The van der Waals surface area contributed by atoms with Gasteiger partial charge >= 0.3 is 0 Å². The molecule has 1 aliphatic rings. The molecule has 23 heavy (non-hydrogen) atoms. The van der Waals surface area contributed by atoms with E-state index in [1.165, 1.54) is 17.4 Å². The summed E-state index contributed by atoms with van der Waals surface area (Å²) >= 11 is 1.35. The van der Waals surface area contributed by atoms with Crippen molar-refractivity contribution < 1.29 is 13.9 Å². The number of hydrogen-bond donors (Lipinski definition) is 0. The van der Waals surface area contributed by atoms with Crippen LogP contribution in [0.3, 0.4) is 0 Å². The Hall–Kier alpha value is -1.99. The van der Waals surface area contributed by atoms with Gasteiger partial charge in [0.25, 0.3) is 5.91 Å². The molecule has 1 saturated heterocycles. The van der Waals surface area contributed by atoms with E-state index in [2.05, 4.69) is 9.88 Å². The monoisotopic (exact) mass is 335 g/mol. The van der Waals surface area contributed by atoms with Crippen molar-refractivity contribution in [1.82, 2.24) is 14.8 Å². The van der Waals surface area contributed by atoms with Gasteiger partial charge in [0, 0.05) is 31.6 Å². The van der Waals surface area contributed by atoms with Gasteiger partial charge in [-0.15, -0.1) is 11.3 Å². The number of rotatable bonds is 4. The van der Waals surface area contributed by atoms with Crippen LogP contribution in [0.25, 0.3) is 0 Å². The van der Waals surface area contributed by atoms with Gasteiger partial charge in [-0.2, -0.15) is 0 Å². The van der Waals surface area contributed by atoms with Crippen LogP contribution in [0.4, 0.5) is 4.39 Å². The molecule has 0 spiro atoms. The summed E-state index contributed by atoms with van der Waals surface area (Å²) in [6.07, 6.45) is 0. The van der Waals surface area contributed by atoms with Gasteiger partial charge < -0.3 is 14.5 Å². The first-order valence-corrected chi connectivity index (χ1v) is 8.31. The molecule has 0 saturated carbocycles. The van der Waals surface area contributed by atoms with Gasteiger partial charge in [-0.25, -0.2) is 9.37 Å². The third-order valence-electron chi connectivity index (χ3n) is 3.75. The molecule has 1 amide bonds. The quantitative estimate of drug-likeness (QED) is 0.860. The number of benzene rings is 1. The smallest absolute Gasteiger partial charge is 0.273 e. The zero-order chi connectivity index (χ0) is 16.2. The zero-order valence-corrected chi connectivity index (χ0v) is 13.7. The lowest BCUT2D eigenvalue weighted by Crippen LogP contribution is -2.47. The summed E-state index contributed by atoms with van der Waals surface area (Å²) in [5.41, 5.74) is 0.437. The maximum Gasteiger partial charge on any atom is 0.273 e. The highest BCUT2D eigenvalue weighted by molar-refractivity contribution is 7.09. The number of carbonyl (C=O) groups excluding carboxylic acids is 1. The minimum atomic E-state index is -0.405. The zero-order valence-electron chi connectivity index (χ0n) is 12.9. The van der Waals surface area contributed by atoms with E-state index in [1.807, 2.05) is 11.9 Å². The molecule has 7 heteroatoms. The second-order valence-corrected chi connectivity index (χ2v) is 6.38. The van der Waals surface area contributed by atoms with Crippen molar-refractivity contribution in [2.24, 2.45) is 0 Å². The molecule has 0 aliphatic carbocycles.